The largest absolute Gasteiger partial charge is 0.368 e. The molecule has 0 aliphatic carbocycles. The predicted molar refractivity (Wildman–Crippen MR) is 80.5 cm³/mol. The minimum atomic E-state index is -0.0612. The molecule has 0 unspecified atom stereocenters. The van der Waals surface area contributed by atoms with Crippen LogP contribution in [0.5, 0.6) is 0 Å². The van der Waals surface area contributed by atoms with Crippen molar-refractivity contribution in [1.82, 2.24) is 10.1 Å². The van der Waals surface area contributed by atoms with Gasteiger partial charge in [-0.15, -0.1) is 0 Å². The van der Waals surface area contributed by atoms with Gasteiger partial charge in [-0.25, -0.2) is 0 Å². The molecule has 0 bridgehead atoms. The first-order valence-corrected chi connectivity index (χ1v) is 7.17. The monoisotopic (exact) mass is 285 g/mol. The lowest BCUT2D eigenvalue weighted by molar-refractivity contribution is 0.0704. The first kappa shape index (κ1) is 13.7. The number of amides is 1. The number of anilines is 1. The Labute approximate surface area is 124 Å². The van der Waals surface area contributed by atoms with E-state index in [1.807, 2.05) is 11.8 Å². The highest BCUT2D eigenvalue weighted by Crippen LogP contribution is 2.19. The van der Waals surface area contributed by atoms with Gasteiger partial charge in [0.2, 0.25) is 5.76 Å². The van der Waals surface area contributed by atoms with Crippen LogP contribution in [0.15, 0.2) is 35.0 Å². The first-order valence-electron chi connectivity index (χ1n) is 7.17. The zero-order valence-corrected chi connectivity index (χ0v) is 12.4. The summed E-state index contributed by atoms with van der Waals surface area (Å²) in [4.78, 5) is 16.5. The number of piperazine rings is 1. The molecule has 2 heterocycles. The third kappa shape index (κ3) is 2.77. The second-order valence-electron chi connectivity index (χ2n) is 5.46. The summed E-state index contributed by atoms with van der Waals surface area (Å²) in [7, 11) is 0. The number of aromatic nitrogens is 1. The molecule has 1 aliphatic heterocycles. The van der Waals surface area contributed by atoms with Gasteiger partial charge in [0.05, 0.1) is 6.20 Å². The van der Waals surface area contributed by atoms with E-state index in [0.717, 1.165) is 18.7 Å². The molecule has 21 heavy (non-hydrogen) atoms. The third-order valence-corrected chi connectivity index (χ3v) is 3.88. The van der Waals surface area contributed by atoms with E-state index in [-0.39, 0.29) is 5.91 Å². The average Bonchev–Trinajstić information content (AvgIpc) is 2.93. The van der Waals surface area contributed by atoms with Crippen molar-refractivity contribution in [3.8, 4) is 0 Å². The number of nitrogens with zero attached hydrogens (tertiary/aromatic N) is 3. The molecule has 0 N–H and O–H groups in total. The first-order chi connectivity index (χ1) is 10.1. The second-order valence-corrected chi connectivity index (χ2v) is 5.46. The maximum absolute atomic E-state index is 12.4. The minimum absolute atomic E-state index is 0.0612. The lowest BCUT2D eigenvalue weighted by atomic mass is 10.2. The fraction of sp³-hybridized carbons (Fsp3) is 0.375. The molecule has 110 valence electrons. The van der Waals surface area contributed by atoms with Crippen molar-refractivity contribution < 1.29 is 9.32 Å². The number of aryl methyl sites for hydroxylation is 2. The Balaban J connectivity index is 1.65. The molecule has 0 saturated carbocycles. The van der Waals surface area contributed by atoms with E-state index in [2.05, 4.69) is 41.2 Å². The van der Waals surface area contributed by atoms with Crippen LogP contribution in [0.3, 0.4) is 0 Å². The van der Waals surface area contributed by atoms with Crippen LogP contribution in [0.1, 0.15) is 21.7 Å². The Morgan fingerprint density at radius 2 is 1.95 bits per heavy atom. The van der Waals surface area contributed by atoms with Crippen molar-refractivity contribution in [2.75, 3.05) is 31.1 Å². The Hall–Kier alpha value is -2.30. The summed E-state index contributed by atoms with van der Waals surface area (Å²) < 4.78 is 5.05. The number of hydrogen-bond donors (Lipinski definition) is 0. The highest BCUT2D eigenvalue weighted by atomic mass is 16.5. The highest BCUT2D eigenvalue weighted by Gasteiger charge is 2.25. The van der Waals surface area contributed by atoms with Crippen LogP contribution in [0.25, 0.3) is 0 Å². The Kier molecular flexibility index (Phi) is 3.64. The summed E-state index contributed by atoms with van der Waals surface area (Å²) in [6.07, 6.45) is 1.58. The van der Waals surface area contributed by atoms with E-state index in [0.29, 0.717) is 18.8 Å². The smallest absolute Gasteiger partial charge is 0.292 e. The van der Waals surface area contributed by atoms with Crippen LogP contribution in [-0.4, -0.2) is 42.1 Å². The molecule has 1 fully saturated rings. The molecule has 1 saturated heterocycles. The zero-order valence-electron chi connectivity index (χ0n) is 12.4. The van der Waals surface area contributed by atoms with Gasteiger partial charge >= 0.3 is 0 Å². The molecule has 0 radical (unpaired) electrons. The summed E-state index contributed by atoms with van der Waals surface area (Å²) in [6, 6.07) is 8.46. The van der Waals surface area contributed by atoms with Gasteiger partial charge in [0.25, 0.3) is 5.91 Å². The van der Waals surface area contributed by atoms with Gasteiger partial charge in [0, 0.05) is 37.4 Å². The SMILES string of the molecule is Cc1cccc(N2CCN(C(=O)c3oncc3C)CC2)c1. The summed E-state index contributed by atoms with van der Waals surface area (Å²) in [5.74, 6) is 0.299. The summed E-state index contributed by atoms with van der Waals surface area (Å²) >= 11 is 0. The molecule has 1 aromatic heterocycles. The van der Waals surface area contributed by atoms with E-state index in [4.69, 9.17) is 4.52 Å². The normalized spacial score (nSPS) is 15.3. The van der Waals surface area contributed by atoms with Crippen molar-refractivity contribution in [2.24, 2.45) is 0 Å². The Morgan fingerprint density at radius 1 is 1.19 bits per heavy atom. The van der Waals surface area contributed by atoms with E-state index in [9.17, 15) is 4.79 Å². The van der Waals surface area contributed by atoms with Crippen LogP contribution in [0, 0.1) is 13.8 Å². The van der Waals surface area contributed by atoms with Gasteiger partial charge < -0.3 is 14.3 Å². The Morgan fingerprint density at radius 3 is 2.57 bits per heavy atom. The van der Waals surface area contributed by atoms with E-state index in [1.54, 1.807) is 6.20 Å². The number of carbonyl (C=O) groups excluding carboxylic acids is 1. The molecule has 3 rings (SSSR count). The molecule has 1 aromatic carbocycles. The lowest BCUT2D eigenvalue weighted by Gasteiger charge is -2.35. The molecule has 0 spiro atoms. The second kappa shape index (κ2) is 5.60. The number of carbonyl (C=O) groups is 1. The van der Waals surface area contributed by atoms with E-state index in [1.165, 1.54) is 11.3 Å². The molecule has 0 atom stereocenters. The van der Waals surface area contributed by atoms with Crippen molar-refractivity contribution in [2.45, 2.75) is 13.8 Å². The van der Waals surface area contributed by atoms with Crippen LogP contribution < -0.4 is 4.90 Å². The topological polar surface area (TPSA) is 49.6 Å². The molecule has 2 aromatic rings. The lowest BCUT2D eigenvalue weighted by Crippen LogP contribution is -2.48. The molecule has 5 heteroatoms. The predicted octanol–water partition coefficient (Wildman–Crippen LogP) is 2.25. The standard InChI is InChI=1S/C16H19N3O2/c1-12-4-3-5-14(10-12)18-6-8-19(9-7-18)16(20)15-13(2)11-17-21-15/h3-5,10-11H,6-9H2,1-2H3. The quantitative estimate of drug-likeness (QED) is 0.849. The average molecular weight is 285 g/mol. The van der Waals surface area contributed by atoms with Crippen molar-refractivity contribution in [3.63, 3.8) is 0 Å². The third-order valence-electron chi connectivity index (χ3n) is 3.88. The van der Waals surface area contributed by atoms with Gasteiger partial charge in [0.15, 0.2) is 0 Å². The minimum Gasteiger partial charge on any atom is -0.368 e. The van der Waals surface area contributed by atoms with Gasteiger partial charge in [-0.05, 0) is 31.5 Å². The molecule has 5 nitrogen and oxygen atoms in total. The zero-order chi connectivity index (χ0) is 14.8. The van der Waals surface area contributed by atoms with E-state index < -0.39 is 0 Å². The highest BCUT2D eigenvalue weighted by molar-refractivity contribution is 5.92. The van der Waals surface area contributed by atoms with Gasteiger partial charge in [-0.1, -0.05) is 17.3 Å². The number of benzene rings is 1. The maximum atomic E-state index is 12.4. The van der Waals surface area contributed by atoms with Crippen molar-refractivity contribution in [3.05, 3.63) is 47.3 Å². The Bertz CT molecular complexity index is 642. The number of hydrogen-bond acceptors (Lipinski definition) is 4. The van der Waals surface area contributed by atoms with Crippen molar-refractivity contribution in [1.29, 1.82) is 0 Å². The van der Waals surface area contributed by atoms with Gasteiger partial charge in [-0.2, -0.15) is 0 Å². The summed E-state index contributed by atoms with van der Waals surface area (Å²) in [5, 5.41) is 3.68. The number of rotatable bonds is 2. The van der Waals surface area contributed by atoms with Crippen LogP contribution in [0.2, 0.25) is 0 Å². The summed E-state index contributed by atoms with van der Waals surface area (Å²) in [6.45, 7) is 7.01. The van der Waals surface area contributed by atoms with Crippen LogP contribution in [0.4, 0.5) is 5.69 Å². The van der Waals surface area contributed by atoms with Gasteiger partial charge in [0.1, 0.15) is 0 Å². The van der Waals surface area contributed by atoms with Crippen LogP contribution in [-0.2, 0) is 0 Å². The summed E-state index contributed by atoms with van der Waals surface area (Å²) in [5.41, 5.74) is 3.27. The molecular formula is C16H19N3O2. The van der Waals surface area contributed by atoms with Gasteiger partial charge in [-0.3, -0.25) is 4.79 Å². The molecule has 1 aliphatic rings. The van der Waals surface area contributed by atoms with Crippen LogP contribution >= 0.6 is 0 Å². The molecule has 1 amide bonds. The maximum Gasteiger partial charge on any atom is 0.292 e. The van der Waals surface area contributed by atoms with E-state index >= 15 is 0 Å². The fourth-order valence-electron chi connectivity index (χ4n) is 2.63. The van der Waals surface area contributed by atoms with Crippen molar-refractivity contribution >= 4 is 11.6 Å². The fourth-order valence-corrected chi connectivity index (χ4v) is 2.63. The molecular weight excluding hydrogens is 266 g/mol.